The molecule has 1 aliphatic heterocycles. The van der Waals surface area contributed by atoms with E-state index >= 15 is 0 Å². The Balaban J connectivity index is 1.66. The van der Waals surface area contributed by atoms with Gasteiger partial charge in [-0.1, -0.05) is 18.2 Å². The maximum absolute atomic E-state index is 5.38. The van der Waals surface area contributed by atoms with E-state index in [1.165, 1.54) is 6.42 Å². The average molecular weight is 243 g/mol. The van der Waals surface area contributed by atoms with Crippen LogP contribution in [0, 0.1) is 5.92 Å². The summed E-state index contributed by atoms with van der Waals surface area (Å²) in [6.07, 6.45) is 4.14. The number of ether oxygens (including phenoxy) is 1. The highest BCUT2D eigenvalue weighted by molar-refractivity contribution is 5.90. The van der Waals surface area contributed by atoms with Crippen LogP contribution in [0.4, 0.5) is 5.69 Å². The Bertz CT molecular complexity index is 518. The van der Waals surface area contributed by atoms with Crippen molar-refractivity contribution in [3.05, 3.63) is 30.5 Å². The Labute approximate surface area is 106 Å². The number of benzene rings is 1. The molecular weight excluding hydrogens is 226 g/mol. The normalized spacial score (nSPS) is 19.2. The van der Waals surface area contributed by atoms with Crippen LogP contribution in [0.15, 0.2) is 30.5 Å². The highest BCUT2D eigenvalue weighted by Gasteiger charge is 2.14. The molecule has 1 aromatic carbocycles. The average Bonchev–Trinajstić information content (AvgIpc) is 2.92. The SMILES string of the molecule is c1ccc2c(NCCC3CCOC3)cnnc2c1. The van der Waals surface area contributed by atoms with Crippen molar-refractivity contribution in [2.75, 3.05) is 25.1 Å². The summed E-state index contributed by atoms with van der Waals surface area (Å²) in [4.78, 5) is 0. The highest BCUT2D eigenvalue weighted by atomic mass is 16.5. The summed E-state index contributed by atoms with van der Waals surface area (Å²) in [7, 11) is 0. The zero-order chi connectivity index (χ0) is 12.2. The molecule has 1 unspecified atom stereocenters. The second-order valence-electron chi connectivity index (χ2n) is 4.72. The fourth-order valence-electron chi connectivity index (χ4n) is 2.37. The van der Waals surface area contributed by atoms with E-state index in [2.05, 4.69) is 21.6 Å². The lowest BCUT2D eigenvalue weighted by Gasteiger charge is -2.11. The topological polar surface area (TPSA) is 47.0 Å². The summed E-state index contributed by atoms with van der Waals surface area (Å²) in [6, 6.07) is 8.07. The Hall–Kier alpha value is -1.68. The molecule has 0 amide bonds. The van der Waals surface area contributed by atoms with Gasteiger partial charge >= 0.3 is 0 Å². The van der Waals surface area contributed by atoms with Gasteiger partial charge in [0.15, 0.2) is 0 Å². The molecule has 1 N–H and O–H groups in total. The second kappa shape index (κ2) is 5.31. The van der Waals surface area contributed by atoms with Crippen molar-refractivity contribution < 1.29 is 4.74 Å². The molecule has 18 heavy (non-hydrogen) atoms. The van der Waals surface area contributed by atoms with Crippen LogP contribution >= 0.6 is 0 Å². The van der Waals surface area contributed by atoms with Crippen molar-refractivity contribution in [2.45, 2.75) is 12.8 Å². The zero-order valence-electron chi connectivity index (χ0n) is 10.3. The fraction of sp³-hybridized carbons (Fsp3) is 0.429. The van der Waals surface area contributed by atoms with Crippen molar-refractivity contribution >= 4 is 16.6 Å². The van der Waals surface area contributed by atoms with Crippen LogP contribution in [0.2, 0.25) is 0 Å². The Morgan fingerprint density at radius 3 is 3.17 bits per heavy atom. The number of nitrogens with one attached hydrogen (secondary N) is 1. The molecule has 0 bridgehead atoms. The smallest absolute Gasteiger partial charge is 0.0950 e. The van der Waals surface area contributed by atoms with E-state index in [4.69, 9.17) is 4.74 Å². The molecule has 4 heteroatoms. The Morgan fingerprint density at radius 2 is 2.28 bits per heavy atom. The van der Waals surface area contributed by atoms with E-state index in [9.17, 15) is 0 Å². The summed E-state index contributed by atoms with van der Waals surface area (Å²) in [5.41, 5.74) is 2.01. The van der Waals surface area contributed by atoms with Crippen LogP contribution in [0.3, 0.4) is 0 Å². The van der Waals surface area contributed by atoms with Crippen molar-refractivity contribution in [2.24, 2.45) is 5.92 Å². The largest absolute Gasteiger partial charge is 0.383 e. The molecule has 94 valence electrons. The van der Waals surface area contributed by atoms with E-state index < -0.39 is 0 Å². The van der Waals surface area contributed by atoms with Gasteiger partial charge < -0.3 is 10.1 Å². The standard InChI is InChI=1S/C14H17N3O/c1-2-4-13-12(3-1)14(9-16-17-13)15-7-5-11-6-8-18-10-11/h1-4,9,11H,5-8,10H2,(H,15,17). The molecule has 4 nitrogen and oxygen atoms in total. The lowest BCUT2D eigenvalue weighted by atomic mass is 10.1. The second-order valence-corrected chi connectivity index (χ2v) is 4.72. The van der Waals surface area contributed by atoms with Crippen LogP contribution in [-0.2, 0) is 4.74 Å². The van der Waals surface area contributed by atoms with Gasteiger partial charge in [-0.25, -0.2) is 0 Å². The summed E-state index contributed by atoms with van der Waals surface area (Å²) in [5, 5.41) is 12.7. The van der Waals surface area contributed by atoms with Crippen molar-refractivity contribution in [1.82, 2.24) is 10.2 Å². The third-order valence-corrected chi connectivity index (χ3v) is 3.44. The summed E-state index contributed by atoms with van der Waals surface area (Å²) >= 11 is 0. The molecule has 1 fully saturated rings. The number of nitrogens with zero attached hydrogens (tertiary/aromatic N) is 2. The van der Waals surface area contributed by atoms with Crippen molar-refractivity contribution in [1.29, 1.82) is 0 Å². The maximum atomic E-state index is 5.38. The minimum Gasteiger partial charge on any atom is -0.383 e. The molecule has 2 aromatic rings. The fourth-order valence-corrected chi connectivity index (χ4v) is 2.37. The van der Waals surface area contributed by atoms with Gasteiger partial charge in [0.25, 0.3) is 0 Å². The first-order valence-corrected chi connectivity index (χ1v) is 6.45. The van der Waals surface area contributed by atoms with Crippen molar-refractivity contribution in [3.8, 4) is 0 Å². The predicted octanol–water partition coefficient (Wildman–Crippen LogP) is 2.47. The highest BCUT2D eigenvalue weighted by Crippen LogP contribution is 2.21. The number of aromatic nitrogens is 2. The first-order valence-electron chi connectivity index (χ1n) is 6.45. The predicted molar refractivity (Wildman–Crippen MR) is 71.6 cm³/mol. The zero-order valence-corrected chi connectivity index (χ0v) is 10.3. The molecule has 0 saturated carbocycles. The molecule has 0 aliphatic carbocycles. The number of anilines is 1. The lowest BCUT2D eigenvalue weighted by molar-refractivity contribution is 0.185. The van der Waals surface area contributed by atoms with Gasteiger partial charge in [0.1, 0.15) is 0 Å². The molecule has 1 aliphatic rings. The minimum absolute atomic E-state index is 0.707. The van der Waals surface area contributed by atoms with Gasteiger partial charge in [0.2, 0.25) is 0 Å². The number of hydrogen-bond donors (Lipinski definition) is 1. The maximum Gasteiger partial charge on any atom is 0.0950 e. The Kier molecular flexibility index (Phi) is 3.37. The lowest BCUT2D eigenvalue weighted by Crippen LogP contribution is -2.09. The van der Waals surface area contributed by atoms with Crippen LogP contribution in [-0.4, -0.2) is 30.0 Å². The number of rotatable bonds is 4. The molecule has 0 spiro atoms. The van der Waals surface area contributed by atoms with E-state index in [0.29, 0.717) is 5.92 Å². The summed E-state index contributed by atoms with van der Waals surface area (Å²) < 4.78 is 5.38. The number of fused-ring (bicyclic) bond motifs is 1. The minimum atomic E-state index is 0.707. The third kappa shape index (κ3) is 2.43. The van der Waals surface area contributed by atoms with Gasteiger partial charge in [-0.3, -0.25) is 0 Å². The van der Waals surface area contributed by atoms with Crippen LogP contribution in [0.5, 0.6) is 0 Å². The molecule has 2 heterocycles. The van der Waals surface area contributed by atoms with Gasteiger partial charge in [-0.15, -0.1) is 0 Å². The molecule has 1 aromatic heterocycles. The quantitative estimate of drug-likeness (QED) is 0.896. The van der Waals surface area contributed by atoms with E-state index in [1.54, 1.807) is 6.20 Å². The third-order valence-electron chi connectivity index (χ3n) is 3.44. The van der Waals surface area contributed by atoms with Gasteiger partial charge in [0, 0.05) is 25.1 Å². The van der Waals surface area contributed by atoms with Crippen LogP contribution in [0.25, 0.3) is 10.9 Å². The van der Waals surface area contributed by atoms with Crippen LogP contribution < -0.4 is 5.32 Å². The molecule has 0 radical (unpaired) electrons. The molecule has 1 saturated heterocycles. The summed E-state index contributed by atoms with van der Waals surface area (Å²) in [5.74, 6) is 0.707. The van der Waals surface area contributed by atoms with Gasteiger partial charge in [-0.05, 0) is 24.8 Å². The van der Waals surface area contributed by atoms with Crippen LogP contribution in [0.1, 0.15) is 12.8 Å². The van der Waals surface area contributed by atoms with E-state index in [1.807, 2.05) is 18.2 Å². The molecule has 3 rings (SSSR count). The van der Waals surface area contributed by atoms with E-state index in [0.717, 1.165) is 42.8 Å². The van der Waals surface area contributed by atoms with E-state index in [-0.39, 0.29) is 0 Å². The first-order chi connectivity index (χ1) is 8.93. The monoisotopic (exact) mass is 243 g/mol. The Morgan fingerprint density at radius 1 is 1.33 bits per heavy atom. The molecule has 1 atom stereocenters. The van der Waals surface area contributed by atoms with Crippen molar-refractivity contribution in [3.63, 3.8) is 0 Å². The first kappa shape index (κ1) is 11.4. The molecular formula is C14H17N3O. The number of hydrogen-bond acceptors (Lipinski definition) is 4. The summed E-state index contributed by atoms with van der Waals surface area (Å²) in [6.45, 7) is 2.80. The van der Waals surface area contributed by atoms with Gasteiger partial charge in [-0.2, -0.15) is 10.2 Å². The van der Waals surface area contributed by atoms with Gasteiger partial charge in [0.05, 0.1) is 17.4 Å².